The van der Waals surface area contributed by atoms with Crippen LogP contribution in [0.2, 0.25) is 0 Å². The SMILES string of the molecule is CC.COc1ccc(C2CCC2)c(Sc2cnc(Nc3nc(C)cs3)c(Oc3ccccc3)c2)c1. The summed E-state index contributed by atoms with van der Waals surface area (Å²) < 4.78 is 11.7. The Morgan fingerprint density at radius 2 is 1.83 bits per heavy atom. The monoisotopic (exact) mass is 505 g/mol. The second-order valence-corrected chi connectivity index (χ2v) is 9.96. The lowest BCUT2D eigenvalue weighted by atomic mass is 9.80. The van der Waals surface area contributed by atoms with Crippen LogP contribution in [0.25, 0.3) is 0 Å². The van der Waals surface area contributed by atoms with Crippen molar-refractivity contribution in [1.29, 1.82) is 0 Å². The largest absolute Gasteiger partial charge is 0.497 e. The van der Waals surface area contributed by atoms with Crippen molar-refractivity contribution < 1.29 is 9.47 Å². The number of nitrogens with zero attached hydrogens (tertiary/aromatic N) is 2. The van der Waals surface area contributed by atoms with E-state index < -0.39 is 0 Å². The van der Waals surface area contributed by atoms with Crippen LogP contribution in [0.1, 0.15) is 50.3 Å². The Bertz CT molecular complexity index is 1240. The van der Waals surface area contributed by atoms with Crippen molar-refractivity contribution >= 4 is 34.0 Å². The number of aryl methyl sites for hydroxylation is 1. The number of methoxy groups -OCH3 is 1. The van der Waals surface area contributed by atoms with Crippen LogP contribution in [0.4, 0.5) is 10.9 Å². The van der Waals surface area contributed by atoms with Crippen LogP contribution in [0.3, 0.4) is 0 Å². The molecule has 35 heavy (non-hydrogen) atoms. The van der Waals surface area contributed by atoms with Gasteiger partial charge in [-0.2, -0.15) is 0 Å². The summed E-state index contributed by atoms with van der Waals surface area (Å²) in [7, 11) is 1.71. The molecule has 0 aliphatic heterocycles. The molecule has 182 valence electrons. The second-order valence-electron chi connectivity index (χ2n) is 7.99. The first-order valence-electron chi connectivity index (χ1n) is 12.0. The van der Waals surface area contributed by atoms with Crippen molar-refractivity contribution in [3.63, 3.8) is 0 Å². The van der Waals surface area contributed by atoms with E-state index in [1.165, 1.54) is 29.7 Å². The van der Waals surface area contributed by atoms with Crippen molar-refractivity contribution in [2.24, 2.45) is 0 Å². The summed E-state index contributed by atoms with van der Waals surface area (Å²) >= 11 is 3.25. The molecule has 1 aliphatic carbocycles. The Hall–Kier alpha value is -3.03. The fraction of sp³-hybridized carbons (Fsp3) is 0.286. The van der Waals surface area contributed by atoms with E-state index >= 15 is 0 Å². The molecule has 2 aromatic heterocycles. The summed E-state index contributed by atoms with van der Waals surface area (Å²) in [5.41, 5.74) is 2.36. The lowest BCUT2D eigenvalue weighted by molar-refractivity contribution is 0.404. The molecule has 2 heterocycles. The Kier molecular flexibility index (Phi) is 8.66. The van der Waals surface area contributed by atoms with Crippen molar-refractivity contribution in [3.8, 4) is 17.2 Å². The van der Waals surface area contributed by atoms with Gasteiger partial charge in [-0.3, -0.25) is 0 Å². The van der Waals surface area contributed by atoms with Crippen molar-refractivity contribution in [2.75, 3.05) is 12.4 Å². The highest BCUT2D eigenvalue weighted by Gasteiger charge is 2.23. The molecule has 4 aromatic rings. The fourth-order valence-electron chi connectivity index (χ4n) is 3.70. The average molecular weight is 506 g/mol. The van der Waals surface area contributed by atoms with Crippen LogP contribution >= 0.6 is 23.1 Å². The van der Waals surface area contributed by atoms with E-state index in [1.807, 2.05) is 68.7 Å². The molecular formula is C28H31N3O2S2. The van der Waals surface area contributed by atoms with Gasteiger partial charge >= 0.3 is 0 Å². The number of hydrogen-bond donors (Lipinski definition) is 1. The van der Waals surface area contributed by atoms with E-state index in [9.17, 15) is 0 Å². The van der Waals surface area contributed by atoms with E-state index in [-0.39, 0.29) is 0 Å². The van der Waals surface area contributed by atoms with Crippen molar-refractivity contribution in [1.82, 2.24) is 9.97 Å². The average Bonchev–Trinajstić information content (AvgIpc) is 3.27. The van der Waals surface area contributed by atoms with Gasteiger partial charge in [-0.25, -0.2) is 9.97 Å². The highest BCUT2D eigenvalue weighted by molar-refractivity contribution is 7.99. The molecule has 0 unspecified atom stereocenters. The smallest absolute Gasteiger partial charge is 0.188 e. The minimum atomic E-state index is 0.625. The van der Waals surface area contributed by atoms with Gasteiger partial charge in [0, 0.05) is 27.4 Å². The molecule has 2 aromatic carbocycles. The third-order valence-corrected chi connectivity index (χ3v) is 7.54. The predicted octanol–water partition coefficient (Wildman–Crippen LogP) is 8.84. The van der Waals surface area contributed by atoms with Gasteiger partial charge in [0.15, 0.2) is 16.7 Å². The fourth-order valence-corrected chi connectivity index (χ4v) is 5.44. The number of benzene rings is 2. The van der Waals surface area contributed by atoms with Gasteiger partial charge in [-0.15, -0.1) is 11.3 Å². The van der Waals surface area contributed by atoms with Gasteiger partial charge < -0.3 is 14.8 Å². The molecule has 0 radical (unpaired) electrons. The first-order valence-corrected chi connectivity index (χ1v) is 13.7. The minimum absolute atomic E-state index is 0.625. The molecular weight excluding hydrogens is 474 g/mol. The molecule has 5 nitrogen and oxygen atoms in total. The van der Waals surface area contributed by atoms with Gasteiger partial charge in [0.2, 0.25) is 0 Å². The molecule has 5 rings (SSSR count). The van der Waals surface area contributed by atoms with Gasteiger partial charge in [0.1, 0.15) is 11.5 Å². The molecule has 1 N–H and O–H groups in total. The Morgan fingerprint density at radius 1 is 1.03 bits per heavy atom. The lowest BCUT2D eigenvalue weighted by Gasteiger charge is -2.28. The summed E-state index contributed by atoms with van der Waals surface area (Å²) in [5, 5.41) is 6.11. The van der Waals surface area contributed by atoms with E-state index in [2.05, 4.69) is 28.5 Å². The highest BCUT2D eigenvalue weighted by Crippen LogP contribution is 2.45. The topological polar surface area (TPSA) is 56.3 Å². The van der Waals surface area contributed by atoms with E-state index in [0.717, 1.165) is 27.2 Å². The maximum atomic E-state index is 6.24. The van der Waals surface area contributed by atoms with Gasteiger partial charge in [0.05, 0.1) is 12.8 Å². The zero-order chi connectivity index (χ0) is 24.6. The van der Waals surface area contributed by atoms with Crippen LogP contribution in [0.5, 0.6) is 17.2 Å². The summed E-state index contributed by atoms with van der Waals surface area (Å²) in [5.74, 6) is 3.55. The Labute approximate surface area is 216 Å². The van der Waals surface area contributed by atoms with E-state index in [4.69, 9.17) is 14.5 Å². The molecule has 1 aliphatic rings. The molecule has 7 heteroatoms. The second kappa shape index (κ2) is 12.1. The van der Waals surface area contributed by atoms with E-state index in [0.29, 0.717) is 17.5 Å². The Morgan fingerprint density at radius 3 is 2.49 bits per heavy atom. The van der Waals surface area contributed by atoms with Crippen LogP contribution in [0.15, 0.2) is 76.0 Å². The predicted molar refractivity (Wildman–Crippen MR) is 146 cm³/mol. The van der Waals surface area contributed by atoms with Crippen molar-refractivity contribution in [3.05, 3.63) is 77.4 Å². The standard InChI is InChI=1S/C26H25N3O2S2.C2H6/c1-17-16-32-26(28-17)29-25-23(31-19-9-4-3-5-10-19)14-21(15-27-25)33-24-13-20(30-2)11-12-22(24)18-7-6-8-18;1-2/h3-5,9-16,18H,6-8H2,1-2H3,(H,27,28,29);1-2H3. The zero-order valence-corrected chi connectivity index (χ0v) is 22.2. The maximum absolute atomic E-state index is 6.24. The zero-order valence-electron chi connectivity index (χ0n) is 20.6. The maximum Gasteiger partial charge on any atom is 0.188 e. The third-order valence-electron chi connectivity index (χ3n) is 5.64. The molecule has 1 saturated carbocycles. The Balaban J connectivity index is 0.00000141. The number of pyridine rings is 1. The number of para-hydroxylation sites is 1. The summed E-state index contributed by atoms with van der Waals surface area (Å²) in [6, 6.07) is 18.2. The molecule has 0 amide bonds. The molecule has 0 saturated heterocycles. The molecule has 0 bridgehead atoms. The summed E-state index contributed by atoms with van der Waals surface area (Å²) in [6.07, 6.45) is 5.68. The van der Waals surface area contributed by atoms with Crippen LogP contribution in [0, 0.1) is 6.92 Å². The molecule has 1 fully saturated rings. The quantitative estimate of drug-likeness (QED) is 0.258. The number of rotatable bonds is 8. The normalized spacial score (nSPS) is 12.8. The van der Waals surface area contributed by atoms with Crippen molar-refractivity contribution in [2.45, 2.75) is 55.7 Å². The number of nitrogens with one attached hydrogen (secondary N) is 1. The molecule has 0 spiro atoms. The van der Waals surface area contributed by atoms with E-state index in [1.54, 1.807) is 30.2 Å². The summed E-state index contributed by atoms with van der Waals surface area (Å²) in [6.45, 7) is 5.98. The minimum Gasteiger partial charge on any atom is -0.497 e. The third kappa shape index (κ3) is 6.35. The lowest BCUT2D eigenvalue weighted by Crippen LogP contribution is -2.09. The number of ether oxygens (including phenoxy) is 2. The summed E-state index contributed by atoms with van der Waals surface area (Å²) in [4.78, 5) is 11.4. The van der Waals surface area contributed by atoms with Crippen LogP contribution in [-0.4, -0.2) is 17.1 Å². The highest BCUT2D eigenvalue weighted by atomic mass is 32.2. The molecule has 0 atom stereocenters. The van der Waals surface area contributed by atoms with Crippen LogP contribution < -0.4 is 14.8 Å². The first kappa shape index (κ1) is 25.1. The number of aromatic nitrogens is 2. The number of hydrogen-bond acceptors (Lipinski definition) is 7. The van der Waals surface area contributed by atoms with Gasteiger partial charge in [0.25, 0.3) is 0 Å². The number of anilines is 2. The van der Waals surface area contributed by atoms with Crippen LogP contribution in [-0.2, 0) is 0 Å². The van der Waals surface area contributed by atoms with Gasteiger partial charge in [-0.1, -0.05) is 56.3 Å². The van der Waals surface area contributed by atoms with Gasteiger partial charge in [-0.05, 0) is 55.5 Å². The number of thiazole rings is 1. The first-order chi connectivity index (χ1) is 17.2.